The molecule has 0 spiro atoms. The van der Waals surface area contributed by atoms with Gasteiger partial charge >= 0.3 is 699 Å². The summed E-state index contributed by atoms with van der Waals surface area (Å²) in [5.41, 5.74) is 25.1. The maximum atomic E-state index is 3.11. The van der Waals surface area contributed by atoms with Crippen molar-refractivity contribution in [2.75, 3.05) is 0 Å². The molecular formula is C114H172S5Sn2. The number of hydrogen-bond donors (Lipinski definition) is 0. The van der Waals surface area contributed by atoms with Crippen LogP contribution in [-0.2, 0) is 62.2 Å². The number of aryl methyl sites for hydroxylation is 8. The summed E-state index contributed by atoms with van der Waals surface area (Å²) in [6, 6.07) is 40.5. The van der Waals surface area contributed by atoms with Crippen molar-refractivity contribution in [2.24, 2.45) is 0 Å². The van der Waals surface area contributed by atoms with Gasteiger partial charge in [0.25, 0.3) is 0 Å². The molecule has 0 radical (unpaired) electrons. The monoisotopic (exact) mass is 1940 g/mol. The van der Waals surface area contributed by atoms with E-state index in [0.29, 0.717) is 0 Å². The Morgan fingerprint density at radius 1 is 0.198 bits per heavy atom. The van der Waals surface area contributed by atoms with Crippen molar-refractivity contribution < 1.29 is 0 Å². The number of fused-ring (bicyclic) bond motifs is 11. The van der Waals surface area contributed by atoms with Crippen LogP contribution >= 0.6 is 56.7 Å². The summed E-state index contributed by atoms with van der Waals surface area (Å²) < 4.78 is 19.6. The van der Waals surface area contributed by atoms with Gasteiger partial charge in [-0.1, -0.05) is 81.1 Å². The van der Waals surface area contributed by atoms with Gasteiger partial charge in [0.2, 0.25) is 0 Å². The maximum absolute atomic E-state index is 3.18. The van der Waals surface area contributed by atoms with Crippen LogP contribution in [0.1, 0.15) is 468 Å². The zero-order chi connectivity index (χ0) is 85.5. The van der Waals surface area contributed by atoms with E-state index in [1.54, 1.807) is 127 Å². The second-order valence-electron chi connectivity index (χ2n) is 39.1. The zero-order valence-electron chi connectivity index (χ0n) is 80.1. The van der Waals surface area contributed by atoms with Crippen LogP contribution in [0.4, 0.5) is 0 Å². The Kier molecular flexibility index (Phi) is 41.9. The molecule has 5 heterocycles. The predicted octanol–water partition coefficient (Wildman–Crippen LogP) is 38.1. The van der Waals surface area contributed by atoms with Crippen molar-refractivity contribution in [3.05, 3.63) is 174 Å². The Morgan fingerprint density at radius 2 is 0.430 bits per heavy atom. The predicted molar refractivity (Wildman–Crippen MR) is 557 cm³/mol. The van der Waals surface area contributed by atoms with Gasteiger partial charge in [0, 0.05) is 0 Å². The minimum atomic E-state index is -3.18. The minimum absolute atomic E-state index is 0.501. The Balaban J connectivity index is 1.39. The molecule has 0 aliphatic heterocycles. The number of benzene rings is 4. The molecule has 0 fully saturated rings. The fourth-order valence-electron chi connectivity index (χ4n) is 22.2. The van der Waals surface area contributed by atoms with Crippen molar-refractivity contribution in [3.63, 3.8) is 0 Å². The third kappa shape index (κ3) is 24.0. The summed E-state index contributed by atoms with van der Waals surface area (Å²) in [4.78, 5) is 6.65. The molecule has 7 heteroatoms. The standard InChI is InChI=1S/C90H118S5.6C4H9.2Sn/c1-9-17-25-33-41-65-53-66(42-34-26-18-10-2)58-73(57-65)89(74-59-67(43-35-27-19-11-3)54-68(60-74)44-36-28-20-12-4)77-49-51-91-82(77)84-80(89)86-88(94-84)81-87(95-86)85-79(83-78(93-85)50-52-92-83)90(81,75-61-69(45-37-29-21-13-5)55-70(62-75)46-38-30-22-14-6)76-63-71(47-39-31-23-15-7)56-72(64-76)48-40-32-24-16-8;6*1-3-4-2;;/h49-50,53-64H,9-48H2,1-8H3;6*1,3-4H2,2H3;;. The first-order valence-corrected chi connectivity index (χ1v) is 71.3. The normalized spacial score (nSPS) is 13.6. The first-order chi connectivity index (χ1) is 59.4. The van der Waals surface area contributed by atoms with Crippen molar-refractivity contribution in [3.8, 4) is 19.5 Å². The second-order valence-corrected chi connectivity index (χ2v) is 72.6. The average molecular weight is 1940 g/mol. The molecular weight excluding hydrogens is 1770 g/mol. The Labute approximate surface area is 772 Å². The van der Waals surface area contributed by atoms with Gasteiger partial charge in [0.1, 0.15) is 0 Å². The third-order valence-electron chi connectivity index (χ3n) is 29.2. The molecule has 4 aromatic carbocycles. The summed E-state index contributed by atoms with van der Waals surface area (Å²) >= 11 is 5.68. The third-order valence-corrected chi connectivity index (χ3v) is 72.0. The van der Waals surface area contributed by atoms with E-state index in [9.17, 15) is 0 Å². The molecule has 0 atom stereocenters. The molecule has 121 heavy (non-hydrogen) atoms. The van der Waals surface area contributed by atoms with E-state index >= 15 is 0 Å². The number of unbranched alkanes of at least 4 members (excludes halogenated alkanes) is 30. The van der Waals surface area contributed by atoms with E-state index in [-0.39, 0.29) is 0 Å². The summed E-state index contributed by atoms with van der Waals surface area (Å²) in [5.74, 6) is 0. The number of hydrogen-bond acceptors (Lipinski definition) is 5. The van der Waals surface area contributed by atoms with Gasteiger partial charge in [0.15, 0.2) is 0 Å². The molecule has 0 nitrogen and oxygen atoms in total. The van der Waals surface area contributed by atoms with Crippen LogP contribution in [0.3, 0.4) is 0 Å². The van der Waals surface area contributed by atoms with Crippen LogP contribution in [0.2, 0.25) is 26.6 Å². The van der Waals surface area contributed by atoms with Gasteiger partial charge in [-0.2, -0.15) is 0 Å². The Bertz CT molecular complexity index is 4220. The molecule has 2 aliphatic carbocycles. The first-order valence-electron chi connectivity index (χ1n) is 52.2. The molecule has 5 aromatic heterocycles. The van der Waals surface area contributed by atoms with Gasteiger partial charge < -0.3 is 0 Å². The SMILES string of the molecule is CCCCCCc1cc(CCCCCC)cc(C2(c3cc(CCCCCC)cc(CCCCCC)c3)c3c[c]([Sn]([CH2]CCC)([CH2]CCC)[CH2]CCC)sc3-c3sc4c5c(sc4c32)-c2sc3c[c]([Sn]([CH2]CCC)([CH2]CCC)[CH2]CCC)sc3c2C5(c2cc(CCCCCC)cc(CCCCCC)c2)c2cc(CCCCCC)cc(CCCCCC)c2)c1. The molecule has 11 rings (SSSR count). The molecule has 0 amide bonds. The first kappa shape index (κ1) is 99.1. The summed E-state index contributed by atoms with van der Waals surface area (Å²) in [6.07, 6.45) is 66.9. The number of thiophene rings is 5. The summed E-state index contributed by atoms with van der Waals surface area (Å²) in [7, 11) is 0. The van der Waals surface area contributed by atoms with Gasteiger partial charge in [-0.05, 0) is 0 Å². The fourth-order valence-corrected chi connectivity index (χ4v) is 68.0. The summed E-state index contributed by atoms with van der Waals surface area (Å²) in [5, 5.41) is 0. The van der Waals surface area contributed by atoms with Crippen molar-refractivity contribution in [1.82, 2.24) is 0 Å². The molecule has 0 saturated heterocycles. The van der Waals surface area contributed by atoms with Crippen LogP contribution in [0.25, 0.3) is 38.3 Å². The molecule has 9 aromatic rings. The molecule has 0 N–H and O–H groups in total. The second kappa shape index (κ2) is 51.2. The van der Waals surface area contributed by atoms with Crippen LogP contribution in [0.15, 0.2) is 84.9 Å². The fraction of sp³-hybridized carbons (Fsp3) is 0.649. The Morgan fingerprint density at radius 3 is 0.702 bits per heavy atom. The van der Waals surface area contributed by atoms with Gasteiger partial charge in [0.05, 0.1) is 0 Å². The molecule has 2 aliphatic rings. The van der Waals surface area contributed by atoms with E-state index in [1.165, 1.54) is 309 Å². The van der Waals surface area contributed by atoms with Crippen LogP contribution in [0.5, 0.6) is 0 Å². The van der Waals surface area contributed by atoms with Crippen molar-refractivity contribution in [1.29, 1.82) is 0 Å². The quantitative estimate of drug-likeness (QED) is 0.0263. The van der Waals surface area contributed by atoms with E-state index in [0.717, 1.165) is 51.4 Å². The van der Waals surface area contributed by atoms with Crippen LogP contribution < -0.4 is 5.79 Å². The van der Waals surface area contributed by atoms with Crippen molar-refractivity contribution >= 4 is 118 Å². The topological polar surface area (TPSA) is 0 Å². The molecule has 0 unspecified atom stereocenters. The van der Waals surface area contributed by atoms with Gasteiger partial charge in [-0.3, -0.25) is 0 Å². The molecule has 0 bridgehead atoms. The van der Waals surface area contributed by atoms with E-state index in [4.69, 9.17) is 0 Å². The van der Waals surface area contributed by atoms with E-state index in [2.05, 4.69) is 239 Å². The zero-order valence-corrected chi connectivity index (χ0v) is 89.9. The van der Waals surface area contributed by atoms with Gasteiger partial charge in [-0.15, -0.1) is 0 Å². The van der Waals surface area contributed by atoms with E-state index in [1.807, 2.05) is 5.79 Å². The van der Waals surface area contributed by atoms with Crippen LogP contribution in [-0.4, -0.2) is 36.8 Å². The summed E-state index contributed by atoms with van der Waals surface area (Å²) in [6.45, 7) is 34.4. The number of rotatable bonds is 64. The molecule has 0 saturated carbocycles. The van der Waals surface area contributed by atoms with Crippen LogP contribution in [0, 0.1) is 0 Å². The van der Waals surface area contributed by atoms with Crippen molar-refractivity contribution in [2.45, 2.75) is 468 Å². The van der Waals surface area contributed by atoms with Gasteiger partial charge in [-0.25, -0.2) is 0 Å². The molecule has 666 valence electrons. The van der Waals surface area contributed by atoms with E-state index < -0.39 is 47.6 Å². The average Bonchev–Trinajstić information content (AvgIpc) is 1.48. The Hall–Kier alpha value is -2.50.